The first kappa shape index (κ1) is 25.7. The first-order valence-electron chi connectivity index (χ1n) is 13.3. The highest BCUT2D eigenvalue weighted by atomic mass is 32.2. The van der Waals surface area contributed by atoms with E-state index in [4.69, 9.17) is 4.98 Å². The Bertz CT molecular complexity index is 1550. The number of nitrogens with zero attached hydrogens (tertiary/aromatic N) is 2. The molecule has 2 aliphatic rings. The van der Waals surface area contributed by atoms with Crippen LogP contribution in [0, 0.1) is 5.92 Å². The van der Waals surface area contributed by atoms with Gasteiger partial charge < -0.3 is 5.32 Å². The summed E-state index contributed by atoms with van der Waals surface area (Å²) in [5.41, 5.74) is 3.76. The number of thiophene rings is 1. The zero-order valence-corrected chi connectivity index (χ0v) is 23.9. The molecule has 0 bridgehead atoms. The van der Waals surface area contributed by atoms with Crippen LogP contribution in [0.3, 0.4) is 0 Å². The number of sulfonamides is 1. The van der Waals surface area contributed by atoms with Gasteiger partial charge in [0.2, 0.25) is 10.0 Å². The summed E-state index contributed by atoms with van der Waals surface area (Å²) in [6.07, 6.45) is 7.03. The zero-order valence-electron chi connectivity index (χ0n) is 21.4. The third-order valence-corrected chi connectivity index (χ3v) is 11.7. The van der Waals surface area contributed by atoms with Crippen molar-refractivity contribution in [1.29, 1.82) is 0 Å². The van der Waals surface area contributed by atoms with Gasteiger partial charge in [-0.2, -0.15) is 4.31 Å². The second kappa shape index (κ2) is 10.5. The van der Waals surface area contributed by atoms with Gasteiger partial charge in [0.05, 0.1) is 15.1 Å². The van der Waals surface area contributed by atoms with E-state index in [1.807, 2.05) is 18.2 Å². The molecule has 1 atom stereocenters. The summed E-state index contributed by atoms with van der Waals surface area (Å²) in [7, 11) is -3.55. The molecule has 0 saturated carbocycles. The molecule has 0 spiro atoms. The van der Waals surface area contributed by atoms with Gasteiger partial charge in [-0.3, -0.25) is 4.79 Å². The number of fused-ring (bicyclic) bond motifs is 2. The van der Waals surface area contributed by atoms with Crippen molar-refractivity contribution in [1.82, 2.24) is 9.29 Å². The zero-order chi connectivity index (χ0) is 26.3. The van der Waals surface area contributed by atoms with Crippen LogP contribution in [0.2, 0.25) is 0 Å². The number of thiazole rings is 1. The van der Waals surface area contributed by atoms with Crippen LogP contribution in [0.5, 0.6) is 0 Å². The Hall–Kier alpha value is -2.59. The lowest BCUT2D eigenvalue weighted by atomic mass is 9.88. The largest absolute Gasteiger partial charge is 0.313 e. The van der Waals surface area contributed by atoms with E-state index in [-0.39, 0.29) is 10.8 Å². The van der Waals surface area contributed by atoms with Crippen molar-refractivity contribution < 1.29 is 13.2 Å². The van der Waals surface area contributed by atoms with Crippen molar-refractivity contribution in [2.75, 3.05) is 18.4 Å². The molecule has 1 aliphatic carbocycles. The molecule has 1 saturated heterocycles. The number of carbonyl (C=O) groups excluding carboxylic acids is 1. The molecule has 1 fully saturated rings. The number of carbonyl (C=O) groups is 1. The molecule has 198 valence electrons. The molecule has 1 aliphatic heterocycles. The van der Waals surface area contributed by atoms with Gasteiger partial charge in [-0.05, 0) is 80.0 Å². The molecule has 6 nitrogen and oxygen atoms in total. The molecule has 3 heterocycles. The smallest absolute Gasteiger partial charge is 0.256 e. The molecule has 0 radical (unpaired) electrons. The number of aromatic nitrogens is 1. The van der Waals surface area contributed by atoms with E-state index in [0.717, 1.165) is 70.7 Å². The molecule has 9 heteroatoms. The van der Waals surface area contributed by atoms with Gasteiger partial charge in [-0.15, -0.1) is 22.7 Å². The van der Waals surface area contributed by atoms with Gasteiger partial charge in [0.25, 0.3) is 5.91 Å². The second-order valence-corrected chi connectivity index (χ2v) is 14.4. The maximum absolute atomic E-state index is 13.4. The van der Waals surface area contributed by atoms with E-state index in [1.165, 1.54) is 10.4 Å². The summed E-state index contributed by atoms with van der Waals surface area (Å²) < 4.78 is 29.0. The molecular weight excluding hydrogens is 535 g/mol. The average molecular weight is 566 g/mol. The molecule has 1 amide bonds. The molecule has 6 rings (SSSR count). The third-order valence-electron chi connectivity index (χ3n) is 7.57. The van der Waals surface area contributed by atoms with Crippen molar-refractivity contribution in [3.05, 3.63) is 64.5 Å². The standard InChI is InChI=1S/C29H31N3O3S3/c1-19-10-15-22-25(18-19)37-29(26(22)28-30-23-8-4-5-9-24(23)36-28)31-27(33)20-11-13-21(14-12-20)38(34,35)32-16-6-2-3-7-17-32/h4-5,8-9,11-14,19H,2-3,6-7,10,15-18H2,1H3,(H,31,33). The van der Waals surface area contributed by atoms with Gasteiger partial charge in [0.15, 0.2) is 0 Å². The van der Waals surface area contributed by atoms with E-state index < -0.39 is 10.0 Å². The predicted octanol–water partition coefficient (Wildman–Crippen LogP) is 6.97. The lowest BCUT2D eigenvalue weighted by Gasteiger charge is -2.20. The van der Waals surface area contributed by atoms with Gasteiger partial charge in [-0.25, -0.2) is 13.4 Å². The average Bonchev–Trinajstić information content (AvgIpc) is 3.36. The minimum Gasteiger partial charge on any atom is -0.313 e. The van der Waals surface area contributed by atoms with E-state index in [0.29, 0.717) is 24.6 Å². The van der Waals surface area contributed by atoms with Crippen molar-refractivity contribution in [3.63, 3.8) is 0 Å². The van der Waals surface area contributed by atoms with E-state index in [9.17, 15) is 13.2 Å². The number of rotatable bonds is 5. The van der Waals surface area contributed by atoms with E-state index in [1.54, 1.807) is 51.2 Å². The summed E-state index contributed by atoms with van der Waals surface area (Å²) in [5.74, 6) is 0.379. The highest BCUT2D eigenvalue weighted by Gasteiger charge is 2.28. The number of hydrogen-bond donors (Lipinski definition) is 1. The molecule has 4 aromatic rings. The van der Waals surface area contributed by atoms with Crippen LogP contribution in [0.15, 0.2) is 53.4 Å². The van der Waals surface area contributed by atoms with Crippen LogP contribution < -0.4 is 5.32 Å². The third kappa shape index (κ3) is 4.93. The maximum Gasteiger partial charge on any atom is 0.256 e. The summed E-state index contributed by atoms with van der Waals surface area (Å²) in [6.45, 7) is 3.39. The molecule has 2 aromatic carbocycles. The summed E-state index contributed by atoms with van der Waals surface area (Å²) in [4.78, 5) is 19.9. The number of para-hydroxylation sites is 1. The van der Waals surface area contributed by atoms with Crippen molar-refractivity contribution >= 4 is 53.8 Å². The number of anilines is 1. The molecule has 1 unspecified atom stereocenters. The Labute approximate surface area is 231 Å². The Morgan fingerprint density at radius 2 is 1.74 bits per heavy atom. The normalized spacial score (nSPS) is 18.7. The quantitative estimate of drug-likeness (QED) is 0.284. The highest BCUT2D eigenvalue weighted by Crippen LogP contribution is 2.47. The SMILES string of the molecule is CC1CCc2c(sc(NC(=O)c3ccc(S(=O)(=O)N4CCCCCC4)cc3)c2-c2nc3ccccc3s2)C1. The van der Waals surface area contributed by atoms with Crippen LogP contribution in [-0.4, -0.2) is 36.7 Å². The molecular formula is C29H31N3O3S3. The van der Waals surface area contributed by atoms with Crippen LogP contribution in [0.4, 0.5) is 5.00 Å². The Balaban J connectivity index is 1.29. The number of benzene rings is 2. The van der Waals surface area contributed by atoms with Gasteiger partial charge in [0, 0.05) is 29.1 Å². The van der Waals surface area contributed by atoms with Crippen molar-refractivity contribution in [2.24, 2.45) is 5.92 Å². The monoisotopic (exact) mass is 565 g/mol. The fourth-order valence-electron chi connectivity index (χ4n) is 5.43. The number of amides is 1. The number of nitrogens with one attached hydrogen (secondary N) is 1. The molecule has 1 N–H and O–H groups in total. The minimum absolute atomic E-state index is 0.238. The molecule has 38 heavy (non-hydrogen) atoms. The fourth-order valence-corrected chi connectivity index (χ4v) is 9.46. The van der Waals surface area contributed by atoms with Gasteiger partial charge in [0.1, 0.15) is 10.0 Å². The maximum atomic E-state index is 13.4. The number of hydrogen-bond acceptors (Lipinski definition) is 6. The lowest BCUT2D eigenvalue weighted by molar-refractivity contribution is 0.102. The first-order valence-corrected chi connectivity index (χ1v) is 16.4. The minimum atomic E-state index is -3.55. The van der Waals surface area contributed by atoms with Crippen molar-refractivity contribution in [2.45, 2.75) is 56.8 Å². The highest BCUT2D eigenvalue weighted by molar-refractivity contribution is 7.89. The van der Waals surface area contributed by atoms with Crippen molar-refractivity contribution in [3.8, 4) is 10.6 Å². The van der Waals surface area contributed by atoms with Crippen LogP contribution in [0.1, 0.15) is 59.8 Å². The Morgan fingerprint density at radius 1 is 1.00 bits per heavy atom. The van der Waals surface area contributed by atoms with Crippen LogP contribution in [0.25, 0.3) is 20.8 Å². The van der Waals surface area contributed by atoms with Crippen LogP contribution in [-0.2, 0) is 22.9 Å². The first-order chi connectivity index (χ1) is 18.4. The summed E-state index contributed by atoms with van der Waals surface area (Å²) >= 11 is 3.31. The van der Waals surface area contributed by atoms with Gasteiger partial charge in [-0.1, -0.05) is 31.9 Å². The lowest BCUT2D eigenvalue weighted by Crippen LogP contribution is -2.31. The fraction of sp³-hybridized carbons (Fsp3) is 0.379. The van der Waals surface area contributed by atoms with Gasteiger partial charge >= 0.3 is 0 Å². The van der Waals surface area contributed by atoms with E-state index >= 15 is 0 Å². The van der Waals surface area contributed by atoms with Crippen LogP contribution >= 0.6 is 22.7 Å². The predicted molar refractivity (Wildman–Crippen MR) is 156 cm³/mol. The summed E-state index contributed by atoms with van der Waals surface area (Å²) in [6, 6.07) is 14.5. The second-order valence-electron chi connectivity index (χ2n) is 10.3. The Morgan fingerprint density at radius 3 is 2.47 bits per heavy atom. The Kier molecular flexibility index (Phi) is 7.11. The molecule has 2 aromatic heterocycles. The topological polar surface area (TPSA) is 79.4 Å². The van der Waals surface area contributed by atoms with E-state index in [2.05, 4.69) is 18.3 Å². The summed E-state index contributed by atoms with van der Waals surface area (Å²) in [5, 5.41) is 4.92.